The number of pyridine rings is 1. The summed E-state index contributed by atoms with van der Waals surface area (Å²) >= 11 is 9.59. The van der Waals surface area contributed by atoms with Crippen LogP contribution in [0.2, 0.25) is 23.2 Å². The van der Waals surface area contributed by atoms with Crippen molar-refractivity contribution in [1.82, 2.24) is 15.2 Å². The number of nitrogens with one attached hydrogen (secondary N) is 3. The zero-order valence-electron chi connectivity index (χ0n) is 36.1. The van der Waals surface area contributed by atoms with Crippen molar-refractivity contribution >= 4 is 71.1 Å². The van der Waals surface area contributed by atoms with Crippen LogP contribution in [0.1, 0.15) is 79.9 Å². The molecule has 0 radical (unpaired) electrons. The molecule has 5 aromatic rings. The molecule has 1 atom stereocenters. The van der Waals surface area contributed by atoms with Gasteiger partial charge in [-0.15, -0.1) is 22.7 Å². The molecular formula is C46H57ClN4O8S2Si. The highest BCUT2D eigenvalue weighted by Crippen LogP contribution is 2.53. The number of likely N-dealkylation sites (tertiary alicyclic amines) is 1. The van der Waals surface area contributed by atoms with E-state index >= 15 is 0 Å². The molecule has 16 heteroatoms. The van der Waals surface area contributed by atoms with E-state index < -0.39 is 26.0 Å². The number of carboxylic acid groups (broad SMARTS) is 1. The summed E-state index contributed by atoms with van der Waals surface area (Å²) in [5.74, 6) is -0.562. The SMILES string of the molecule is COc1cc(NC(=O)CCN2CCC3(CC2)CC(OC(C(=O)O)(c2cccs2)c2cccs2)C3)c(Cl)cc1CNC[C@H](O[Si](C)(C)C(C)(C)C)c1ccc(O)c2[nH]c(=O)ccc12. The minimum absolute atomic E-state index is 0.00574. The number of aliphatic carboxylic acids is 1. The summed E-state index contributed by atoms with van der Waals surface area (Å²) in [4.78, 5) is 44.7. The van der Waals surface area contributed by atoms with Gasteiger partial charge in [0.1, 0.15) is 11.5 Å². The number of carboxylic acids is 1. The van der Waals surface area contributed by atoms with Crippen LogP contribution in [0.3, 0.4) is 0 Å². The standard InChI is InChI=1S/C46H57ClN4O8S2Si/c1-44(2,3)62(5,6)59-37(31-11-13-35(52)42-32(31)12-14-40(53)50-42)28-48-27-29-23-33(47)34(24-36(29)57-4)49-41(54)15-18-51-19-16-45(17-20-51)25-30(26-45)58-46(43(55)56,38-9-7-21-60-38)39-10-8-22-61-39/h7-14,21-24,30,37,48,52H,15-20,25-28H2,1-6H3,(H,49,54)(H,50,53)(H,55,56)/t37-/m0/s1. The largest absolute Gasteiger partial charge is 0.506 e. The van der Waals surface area contributed by atoms with Gasteiger partial charge in [0.2, 0.25) is 17.1 Å². The number of H-pyrrole nitrogens is 1. The third kappa shape index (κ3) is 9.70. The molecule has 62 heavy (non-hydrogen) atoms. The summed E-state index contributed by atoms with van der Waals surface area (Å²) in [6, 6.07) is 17.6. The van der Waals surface area contributed by atoms with Gasteiger partial charge in [0.25, 0.3) is 0 Å². The molecule has 1 aliphatic carbocycles. The van der Waals surface area contributed by atoms with E-state index in [0.29, 0.717) is 63.2 Å². The number of hydrogen-bond acceptors (Lipinski definition) is 11. The van der Waals surface area contributed by atoms with Crippen LogP contribution in [-0.4, -0.2) is 79.7 Å². The molecule has 12 nitrogen and oxygen atoms in total. The Kier molecular flexibility index (Phi) is 13.8. The number of anilines is 1. The summed E-state index contributed by atoms with van der Waals surface area (Å²) in [7, 11) is -0.695. The quantitative estimate of drug-likeness (QED) is 0.0568. The first kappa shape index (κ1) is 45.9. The van der Waals surface area contributed by atoms with E-state index in [2.05, 4.69) is 54.4 Å². The number of carbonyl (C=O) groups is 2. The first-order valence-corrected chi connectivity index (χ1v) is 26.1. The number of amides is 1. The highest BCUT2D eigenvalue weighted by Gasteiger charge is 2.53. The molecular weight excluding hydrogens is 864 g/mol. The van der Waals surface area contributed by atoms with Crippen molar-refractivity contribution in [1.29, 1.82) is 0 Å². The number of thiophene rings is 2. The Morgan fingerprint density at radius 2 is 1.71 bits per heavy atom. The minimum Gasteiger partial charge on any atom is -0.506 e. The zero-order valence-corrected chi connectivity index (χ0v) is 39.5. The van der Waals surface area contributed by atoms with Gasteiger partial charge >= 0.3 is 5.97 Å². The lowest BCUT2D eigenvalue weighted by atomic mass is 9.61. The number of aromatic amines is 1. The molecule has 4 heterocycles. The second-order valence-corrected chi connectivity index (χ2v) is 25.2. The van der Waals surface area contributed by atoms with Gasteiger partial charge in [-0.1, -0.05) is 50.6 Å². The van der Waals surface area contributed by atoms with Gasteiger partial charge in [0.15, 0.2) is 8.32 Å². The van der Waals surface area contributed by atoms with Crippen molar-refractivity contribution in [3.8, 4) is 11.5 Å². The first-order valence-electron chi connectivity index (χ1n) is 21.0. The molecule has 1 aliphatic heterocycles. The number of phenolic OH excluding ortho intramolecular Hbond substituents is 1. The third-order valence-electron chi connectivity index (χ3n) is 13.1. The number of fused-ring (bicyclic) bond motifs is 1. The van der Waals surface area contributed by atoms with Crippen LogP contribution in [0.4, 0.5) is 5.69 Å². The third-order valence-corrected chi connectivity index (χ3v) is 19.8. The number of halogens is 1. The Bertz CT molecular complexity index is 2380. The number of carbonyl (C=O) groups excluding carboxylic acids is 1. The number of ether oxygens (including phenoxy) is 2. The zero-order chi connectivity index (χ0) is 44.5. The fourth-order valence-electron chi connectivity index (χ4n) is 8.47. The van der Waals surface area contributed by atoms with E-state index in [9.17, 15) is 24.6 Å². The summed E-state index contributed by atoms with van der Waals surface area (Å²) in [6.45, 7) is 14.1. The number of rotatable bonds is 17. The maximum absolute atomic E-state index is 13.3. The van der Waals surface area contributed by atoms with E-state index in [4.69, 9.17) is 25.5 Å². The topological polar surface area (TPSA) is 162 Å². The molecule has 332 valence electrons. The summed E-state index contributed by atoms with van der Waals surface area (Å²) in [5, 5.41) is 32.4. The number of phenols is 1. The fourth-order valence-corrected chi connectivity index (χ4v) is 11.8. The van der Waals surface area contributed by atoms with Crippen molar-refractivity contribution < 1.29 is 33.7 Å². The lowest BCUT2D eigenvalue weighted by Crippen LogP contribution is -2.53. The minimum atomic E-state index is -2.28. The summed E-state index contributed by atoms with van der Waals surface area (Å²) in [5.41, 5.74) is 0.832. The molecule has 1 spiro atoms. The molecule has 1 amide bonds. The number of methoxy groups -OCH3 is 1. The Morgan fingerprint density at radius 1 is 1.03 bits per heavy atom. The Morgan fingerprint density at radius 3 is 2.31 bits per heavy atom. The average molecular weight is 922 g/mol. The van der Waals surface area contributed by atoms with Gasteiger partial charge in [-0.25, -0.2) is 4.79 Å². The molecule has 7 rings (SSSR count). The molecule has 0 bridgehead atoms. The van der Waals surface area contributed by atoms with E-state index in [1.165, 1.54) is 28.7 Å². The van der Waals surface area contributed by atoms with Crippen LogP contribution >= 0.6 is 34.3 Å². The number of nitrogens with zero attached hydrogens (tertiary/aromatic N) is 1. The molecule has 3 aromatic heterocycles. The smallest absolute Gasteiger partial charge is 0.347 e. The number of aromatic hydroxyl groups is 1. The van der Waals surface area contributed by atoms with Gasteiger partial charge < -0.3 is 44.6 Å². The van der Waals surface area contributed by atoms with Crippen molar-refractivity contribution in [2.75, 3.05) is 38.6 Å². The predicted octanol–water partition coefficient (Wildman–Crippen LogP) is 9.49. The number of hydrogen-bond donors (Lipinski definition) is 5. The van der Waals surface area contributed by atoms with E-state index in [0.717, 1.165) is 49.9 Å². The Balaban J connectivity index is 0.922. The van der Waals surface area contributed by atoms with Gasteiger partial charge in [0, 0.05) is 49.1 Å². The van der Waals surface area contributed by atoms with Gasteiger partial charge in [-0.3, -0.25) is 9.59 Å². The normalized spacial score (nSPS) is 16.6. The highest BCUT2D eigenvalue weighted by molar-refractivity contribution is 7.12. The summed E-state index contributed by atoms with van der Waals surface area (Å²) < 4.78 is 19.3. The fraction of sp³-hybridized carbons (Fsp3) is 0.457. The van der Waals surface area contributed by atoms with Crippen molar-refractivity contribution in [2.45, 2.75) is 95.4 Å². The lowest BCUT2D eigenvalue weighted by Gasteiger charge is -2.53. The van der Waals surface area contributed by atoms with Crippen LogP contribution in [0.25, 0.3) is 10.9 Å². The second-order valence-electron chi connectivity index (χ2n) is 18.2. The van der Waals surface area contributed by atoms with Crippen LogP contribution in [0.15, 0.2) is 76.2 Å². The molecule has 2 aliphatic rings. The van der Waals surface area contributed by atoms with Gasteiger partial charge in [0.05, 0.1) is 45.3 Å². The van der Waals surface area contributed by atoms with Crippen LogP contribution in [0.5, 0.6) is 11.5 Å². The molecule has 1 saturated carbocycles. The first-order chi connectivity index (χ1) is 29.4. The van der Waals surface area contributed by atoms with Gasteiger partial charge in [-0.2, -0.15) is 0 Å². The van der Waals surface area contributed by atoms with E-state index in [-0.39, 0.29) is 33.8 Å². The summed E-state index contributed by atoms with van der Waals surface area (Å²) in [6.07, 6.45) is 3.36. The Labute approximate surface area is 376 Å². The lowest BCUT2D eigenvalue weighted by molar-refractivity contribution is -0.190. The number of aromatic nitrogens is 1. The van der Waals surface area contributed by atoms with Gasteiger partial charge in [-0.05, 0) is 109 Å². The Hall–Kier alpha value is -4.06. The monoisotopic (exact) mass is 920 g/mol. The maximum atomic E-state index is 13.3. The predicted molar refractivity (Wildman–Crippen MR) is 249 cm³/mol. The van der Waals surface area contributed by atoms with Crippen LogP contribution < -0.4 is 20.9 Å². The van der Waals surface area contributed by atoms with E-state index in [1.54, 1.807) is 31.4 Å². The van der Waals surface area contributed by atoms with Crippen molar-refractivity contribution in [3.63, 3.8) is 0 Å². The highest BCUT2D eigenvalue weighted by atomic mass is 35.5. The second kappa shape index (κ2) is 18.6. The molecule has 1 saturated heterocycles. The van der Waals surface area contributed by atoms with Crippen LogP contribution in [-0.2, 0) is 30.9 Å². The van der Waals surface area contributed by atoms with Crippen molar-refractivity contribution in [3.05, 3.63) is 108 Å². The van der Waals surface area contributed by atoms with Crippen molar-refractivity contribution in [2.24, 2.45) is 5.41 Å². The number of piperidine rings is 1. The van der Waals surface area contributed by atoms with Crippen LogP contribution in [0, 0.1) is 5.41 Å². The number of benzene rings is 2. The molecule has 0 unspecified atom stereocenters. The average Bonchev–Trinajstić information content (AvgIpc) is 3.96. The molecule has 2 fully saturated rings. The maximum Gasteiger partial charge on any atom is 0.347 e. The van der Waals surface area contributed by atoms with E-state index in [1.807, 2.05) is 41.1 Å². The molecule has 5 N–H and O–H groups in total. The molecule has 2 aromatic carbocycles.